The van der Waals surface area contributed by atoms with E-state index in [4.69, 9.17) is 0 Å². The number of rotatable bonds is 7. The number of benzene rings is 1. The van der Waals surface area contributed by atoms with Gasteiger partial charge in [0.25, 0.3) is 11.8 Å². The van der Waals surface area contributed by atoms with E-state index in [1.807, 2.05) is 12.1 Å². The summed E-state index contributed by atoms with van der Waals surface area (Å²) in [6, 6.07) is 10.7. The van der Waals surface area contributed by atoms with Crippen molar-refractivity contribution in [1.82, 2.24) is 25.6 Å². The van der Waals surface area contributed by atoms with Gasteiger partial charge in [-0.15, -0.1) is 0 Å². The van der Waals surface area contributed by atoms with Crippen LogP contribution in [0.25, 0.3) is 0 Å². The van der Waals surface area contributed by atoms with Crippen molar-refractivity contribution < 1.29 is 18.0 Å². The van der Waals surface area contributed by atoms with Gasteiger partial charge in [-0.25, -0.2) is 23.1 Å². The van der Waals surface area contributed by atoms with Crippen LogP contribution in [0.4, 0.5) is 36.4 Å². The molecule has 0 spiro atoms. The Morgan fingerprint density at radius 1 is 1.03 bits per heavy atom. The van der Waals surface area contributed by atoms with Crippen molar-refractivity contribution in [1.29, 1.82) is 0 Å². The Morgan fingerprint density at radius 3 is 2.65 bits per heavy atom. The maximum Gasteiger partial charge on any atom is 0.256 e. The number of hydrogen-bond acceptors (Lipinski definition) is 7. The number of anilines is 4. The van der Waals surface area contributed by atoms with Crippen molar-refractivity contribution in [3.8, 4) is 0 Å². The molecule has 4 N–H and O–H groups in total. The minimum Gasteiger partial charge on any atom is -0.349 e. The number of carbonyl (C=O) groups excluding carboxylic acids is 1. The first kappa shape index (κ1) is 23.7. The highest BCUT2D eigenvalue weighted by Gasteiger charge is 2.59. The molecule has 0 saturated heterocycles. The zero-order chi connectivity index (χ0) is 25.6. The van der Waals surface area contributed by atoms with Crippen molar-refractivity contribution in [2.45, 2.75) is 56.3 Å². The maximum atomic E-state index is 15.0. The third kappa shape index (κ3) is 5.08. The standard InChI is InChI=1S/C26H26F3N7O/c27-25(13-26(28,29)14-25)20-2-1-3-21(34-20)35-22-19(23(37)32-17-6-7-17)12-31-24(36-22)33-18-5-4-16-11-30-9-8-15(16)10-18/h1-5,10,12,17,30H,6-9,11,13-14H2,(H,32,37)(H2,31,33,34,35,36). The molecule has 0 unspecified atom stereocenters. The average Bonchev–Trinajstić information content (AvgIpc) is 3.67. The summed E-state index contributed by atoms with van der Waals surface area (Å²) in [5.41, 5.74) is 1.23. The highest BCUT2D eigenvalue weighted by molar-refractivity contribution is 5.99. The van der Waals surface area contributed by atoms with Gasteiger partial charge in [-0.2, -0.15) is 4.98 Å². The lowest BCUT2D eigenvalue weighted by molar-refractivity contribution is -0.176. The molecule has 1 aliphatic heterocycles. The fourth-order valence-corrected chi connectivity index (χ4v) is 4.70. The molecule has 3 heterocycles. The van der Waals surface area contributed by atoms with Crippen LogP contribution >= 0.6 is 0 Å². The molecule has 0 bridgehead atoms. The molecule has 2 aliphatic carbocycles. The van der Waals surface area contributed by atoms with E-state index in [0.717, 1.165) is 38.0 Å². The summed E-state index contributed by atoms with van der Waals surface area (Å²) >= 11 is 0. The van der Waals surface area contributed by atoms with E-state index in [-0.39, 0.29) is 40.8 Å². The highest BCUT2D eigenvalue weighted by atomic mass is 19.3. The summed E-state index contributed by atoms with van der Waals surface area (Å²) in [5.74, 6) is -2.75. The Bertz CT molecular complexity index is 1350. The molecule has 6 rings (SSSR count). The number of carbonyl (C=O) groups is 1. The highest BCUT2D eigenvalue weighted by Crippen LogP contribution is 2.54. The molecule has 1 aromatic carbocycles. The van der Waals surface area contributed by atoms with E-state index < -0.39 is 24.4 Å². The monoisotopic (exact) mass is 509 g/mol. The summed E-state index contributed by atoms with van der Waals surface area (Å²) in [7, 11) is 0. The lowest BCUT2D eigenvalue weighted by Gasteiger charge is -2.40. The number of amides is 1. The molecule has 0 atom stereocenters. The van der Waals surface area contributed by atoms with Gasteiger partial charge in [0.15, 0.2) is 5.67 Å². The van der Waals surface area contributed by atoms with E-state index >= 15 is 0 Å². The summed E-state index contributed by atoms with van der Waals surface area (Å²) in [6.45, 7) is 1.74. The molecular weight excluding hydrogens is 483 g/mol. The normalized spacial score (nSPS) is 19.3. The van der Waals surface area contributed by atoms with Gasteiger partial charge in [-0.05, 0) is 61.2 Å². The Labute approximate surface area is 211 Å². The lowest BCUT2D eigenvalue weighted by atomic mass is 9.76. The third-order valence-electron chi connectivity index (χ3n) is 6.83. The van der Waals surface area contributed by atoms with Gasteiger partial charge in [-0.3, -0.25) is 4.79 Å². The molecule has 0 radical (unpaired) electrons. The van der Waals surface area contributed by atoms with Crippen molar-refractivity contribution in [2.75, 3.05) is 17.2 Å². The number of aromatic nitrogens is 3. The molecule has 8 nitrogen and oxygen atoms in total. The van der Waals surface area contributed by atoms with Crippen molar-refractivity contribution in [3.63, 3.8) is 0 Å². The van der Waals surface area contributed by atoms with Gasteiger partial charge in [0.2, 0.25) is 5.95 Å². The first-order chi connectivity index (χ1) is 17.8. The zero-order valence-corrected chi connectivity index (χ0v) is 20.0. The zero-order valence-electron chi connectivity index (χ0n) is 20.0. The predicted molar refractivity (Wildman–Crippen MR) is 132 cm³/mol. The molecule has 2 saturated carbocycles. The van der Waals surface area contributed by atoms with Gasteiger partial charge in [-0.1, -0.05) is 12.1 Å². The van der Waals surface area contributed by atoms with E-state index in [0.29, 0.717) is 0 Å². The Kier molecular flexibility index (Phi) is 5.74. The summed E-state index contributed by atoms with van der Waals surface area (Å²) in [5, 5.41) is 12.4. The van der Waals surface area contributed by atoms with E-state index in [1.54, 1.807) is 6.07 Å². The number of halogens is 3. The van der Waals surface area contributed by atoms with Crippen molar-refractivity contribution >= 4 is 29.2 Å². The lowest BCUT2D eigenvalue weighted by Crippen LogP contribution is -2.46. The van der Waals surface area contributed by atoms with Gasteiger partial charge >= 0.3 is 0 Å². The van der Waals surface area contributed by atoms with E-state index in [2.05, 4.69) is 42.3 Å². The topological polar surface area (TPSA) is 104 Å². The molecule has 2 fully saturated rings. The van der Waals surface area contributed by atoms with E-state index in [1.165, 1.54) is 29.5 Å². The number of alkyl halides is 3. The average molecular weight is 510 g/mol. The third-order valence-corrected chi connectivity index (χ3v) is 6.83. The molecule has 3 aromatic rings. The number of hydrogen-bond donors (Lipinski definition) is 4. The fraction of sp³-hybridized carbons (Fsp3) is 0.385. The number of nitrogens with zero attached hydrogens (tertiary/aromatic N) is 3. The van der Waals surface area contributed by atoms with Crippen molar-refractivity contribution in [3.05, 3.63) is 65.0 Å². The van der Waals surface area contributed by atoms with Crippen LogP contribution in [0.2, 0.25) is 0 Å². The quantitative estimate of drug-likeness (QED) is 0.372. The molecule has 3 aliphatic rings. The van der Waals surface area contributed by atoms with Crippen LogP contribution in [0, 0.1) is 0 Å². The first-order valence-electron chi connectivity index (χ1n) is 12.4. The fourth-order valence-electron chi connectivity index (χ4n) is 4.70. The molecule has 192 valence electrons. The minimum absolute atomic E-state index is 0.0802. The SMILES string of the molecule is O=C(NC1CC1)c1cnc(Nc2ccc3c(c2)CCNC3)nc1Nc1cccc(C2(F)CC(F)(F)C2)n1. The summed E-state index contributed by atoms with van der Waals surface area (Å²) in [4.78, 5) is 25.9. The summed E-state index contributed by atoms with van der Waals surface area (Å²) < 4.78 is 41.7. The number of fused-ring (bicyclic) bond motifs is 1. The molecule has 1 amide bonds. The van der Waals surface area contributed by atoms with Crippen molar-refractivity contribution in [2.24, 2.45) is 0 Å². The van der Waals surface area contributed by atoms with Crippen LogP contribution in [0.3, 0.4) is 0 Å². The smallest absolute Gasteiger partial charge is 0.256 e. The van der Waals surface area contributed by atoms with Crippen LogP contribution in [0.5, 0.6) is 0 Å². The minimum atomic E-state index is -3.03. The van der Waals surface area contributed by atoms with Crippen LogP contribution in [0.1, 0.15) is 52.9 Å². The maximum absolute atomic E-state index is 15.0. The second-order valence-electron chi connectivity index (χ2n) is 9.95. The second-order valence-corrected chi connectivity index (χ2v) is 9.95. The largest absolute Gasteiger partial charge is 0.349 e. The molecule has 37 heavy (non-hydrogen) atoms. The van der Waals surface area contributed by atoms with Gasteiger partial charge in [0.1, 0.15) is 17.2 Å². The first-order valence-corrected chi connectivity index (χ1v) is 12.4. The Balaban J connectivity index is 1.28. The van der Waals surface area contributed by atoms with Gasteiger partial charge in [0.05, 0.1) is 18.5 Å². The second kappa shape index (κ2) is 8.98. The van der Waals surface area contributed by atoms with Crippen LogP contribution in [0.15, 0.2) is 42.6 Å². The van der Waals surface area contributed by atoms with Crippen LogP contribution < -0.4 is 21.3 Å². The molecule has 11 heteroatoms. The molecular formula is C26H26F3N7O. The Morgan fingerprint density at radius 2 is 1.86 bits per heavy atom. The van der Waals surface area contributed by atoms with Crippen LogP contribution in [-0.2, 0) is 18.6 Å². The predicted octanol–water partition coefficient (Wildman–Crippen LogP) is 4.49. The van der Waals surface area contributed by atoms with Gasteiger partial charge < -0.3 is 21.3 Å². The Hall–Kier alpha value is -3.73. The van der Waals surface area contributed by atoms with Crippen LogP contribution in [-0.4, -0.2) is 39.4 Å². The molecule has 2 aromatic heterocycles. The van der Waals surface area contributed by atoms with E-state index in [9.17, 15) is 18.0 Å². The van der Waals surface area contributed by atoms with Gasteiger partial charge in [0, 0.05) is 24.5 Å². The summed E-state index contributed by atoms with van der Waals surface area (Å²) in [6.07, 6.45) is 2.37. The number of nitrogens with one attached hydrogen (secondary N) is 4. The number of pyridine rings is 1.